The minimum atomic E-state index is -0.268. The zero-order chi connectivity index (χ0) is 18.9. The summed E-state index contributed by atoms with van der Waals surface area (Å²) in [5.74, 6) is 1.72. The summed E-state index contributed by atoms with van der Waals surface area (Å²) in [6, 6.07) is 8.92. The molecule has 2 N–H and O–H groups in total. The van der Waals surface area contributed by atoms with Crippen LogP contribution in [0.25, 0.3) is 0 Å². The van der Waals surface area contributed by atoms with Crippen LogP contribution in [0.5, 0.6) is 5.75 Å². The lowest BCUT2D eigenvalue weighted by Gasteiger charge is -2.11. The van der Waals surface area contributed by atoms with Crippen molar-refractivity contribution in [1.82, 2.24) is 14.9 Å². The number of ether oxygens (including phenoxy) is 1. The van der Waals surface area contributed by atoms with E-state index < -0.39 is 0 Å². The molecule has 0 radical (unpaired) electrons. The van der Waals surface area contributed by atoms with Crippen molar-refractivity contribution >= 4 is 17.4 Å². The molecule has 0 saturated heterocycles. The van der Waals surface area contributed by atoms with E-state index >= 15 is 0 Å². The number of carbonyl (C=O) groups excluding carboxylic acids is 1. The molecule has 0 spiro atoms. The molecule has 26 heavy (non-hydrogen) atoms. The summed E-state index contributed by atoms with van der Waals surface area (Å²) in [6.07, 6.45) is 0.990. The molecular weight excluding hydrogens is 330 g/mol. The molecule has 1 aromatic heterocycles. The fraction of sp³-hybridized carbons (Fsp3) is 0.421. The van der Waals surface area contributed by atoms with E-state index in [-0.39, 0.29) is 5.91 Å². The van der Waals surface area contributed by atoms with E-state index in [2.05, 4.69) is 25.5 Å². The Kier molecular flexibility index (Phi) is 7.35. The third-order valence-electron chi connectivity index (χ3n) is 3.58. The van der Waals surface area contributed by atoms with Crippen LogP contribution in [0.3, 0.4) is 0 Å². The van der Waals surface area contributed by atoms with Crippen molar-refractivity contribution < 1.29 is 9.53 Å². The van der Waals surface area contributed by atoms with Gasteiger partial charge in [0, 0.05) is 18.3 Å². The number of benzene rings is 1. The highest BCUT2D eigenvalue weighted by atomic mass is 16.5. The van der Waals surface area contributed by atoms with Gasteiger partial charge in [-0.25, -0.2) is 9.97 Å². The number of nitrogens with one attached hydrogen (secondary N) is 2. The van der Waals surface area contributed by atoms with Gasteiger partial charge in [0.15, 0.2) is 0 Å². The average Bonchev–Trinajstić information content (AvgIpc) is 2.60. The highest BCUT2D eigenvalue weighted by Gasteiger charge is 2.11. The largest absolute Gasteiger partial charge is 0.494 e. The van der Waals surface area contributed by atoms with Crippen LogP contribution in [-0.4, -0.2) is 54.6 Å². The van der Waals surface area contributed by atoms with Crippen LogP contribution < -0.4 is 15.4 Å². The van der Waals surface area contributed by atoms with Gasteiger partial charge in [-0.1, -0.05) is 0 Å². The van der Waals surface area contributed by atoms with E-state index in [0.29, 0.717) is 29.6 Å². The lowest BCUT2D eigenvalue weighted by molar-refractivity contribution is 0.102. The number of carbonyl (C=O) groups is 1. The molecule has 2 rings (SSSR count). The summed E-state index contributed by atoms with van der Waals surface area (Å²) in [6.45, 7) is 6.09. The van der Waals surface area contributed by atoms with Crippen LogP contribution in [-0.2, 0) is 0 Å². The molecule has 0 aliphatic carbocycles. The fourth-order valence-electron chi connectivity index (χ4n) is 2.38. The van der Waals surface area contributed by atoms with E-state index in [9.17, 15) is 4.79 Å². The first-order valence-electron chi connectivity index (χ1n) is 8.76. The summed E-state index contributed by atoms with van der Waals surface area (Å²) < 4.78 is 5.40. The third-order valence-corrected chi connectivity index (χ3v) is 3.58. The maximum Gasteiger partial charge on any atom is 0.274 e. The second-order valence-electron chi connectivity index (χ2n) is 6.18. The predicted octanol–water partition coefficient (Wildman–Crippen LogP) is 2.80. The average molecular weight is 357 g/mol. The van der Waals surface area contributed by atoms with Gasteiger partial charge in [-0.3, -0.25) is 4.79 Å². The Morgan fingerprint density at radius 2 is 1.92 bits per heavy atom. The normalized spacial score (nSPS) is 10.7. The highest BCUT2D eigenvalue weighted by molar-refractivity contribution is 6.03. The van der Waals surface area contributed by atoms with E-state index in [1.165, 1.54) is 0 Å². The molecule has 7 heteroatoms. The quantitative estimate of drug-likeness (QED) is 0.672. The number of anilines is 2. The van der Waals surface area contributed by atoms with Gasteiger partial charge in [-0.15, -0.1) is 0 Å². The number of nitrogens with zero attached hydrogens (tertiary/aromatic N) is 3. The number of aryl methyl sites for hydroxylation is 1. The Balaban J connectivity index is 1.99. The summed E-state index contributed by atoms with van der Waals surface area (Å²) in [5, 5.41) is 6.09. The highest BCUT2D eigenvalue weighted by Crippen LogP contribution is 2.16. The van der Waals surface area contributed by atoms with Crippen LogP contribution in [0, 0.1) is 6.92 Å². The Morgan fingerprint density at radius 3 is 2.58 bits per heavy atom. The Hall–Kier alpha value is -2.67. The number of aromatic nitrogens is 2. The SMILES string of the molecule is CCOc1ccc(NC(=O)c2cc(NCCCN(C)C)nc(C)n2)cc1. The molecule has 0 aliphatic rings. The summed E-state index contributed by atoms with van der Waals surface area (Å²) in [4.78, 5) is 23.2. The van der Waals surface area contributed by atoms with Gasteiger partial charge < -0.3 is 20.3 Å². The lowest BCUT2D eigenvalue weighted by Crippen LogP contribution is -2.18. The maximum atomic E-state index is 12.5. The van der Waals surface area contributed by atoms with Crippen LogP contribution in [0.4, 0.5) is 11.5 Å². The number of hydrogen-bond donors (Lipinski definition) is 2. The summed E-state index contributed by atoms with van der Waals surface area (Å²) >= 11 is 0. The van der Waals surface area contributed by atoms with Crippen molar-refractivity contribution in [1.29, 1.82) is 0 Å². The van der Waals surface area contributed by atoms with E-state index in [4.69, 9.17) is 4.74 Å². The van der Waals surface area contributed by atoms with E-state index in [1.807, 2.05) is 33.2 Å². The van der Waals surface area contributed by atoms with Gasteiger partial charge in [0.2, 0.25) is 0 Å². The Labute approximate surface area is 154 Å². The fourth-order valence-corrected chi connectivity index (χ4v) is 2.38. The van der Waals surface area contributed by atoms with Crippen LogP contribution >= 0.6 is 0 Å². The first kappa shape index (κ1) is 19.7. The minimum Gasteiger partial charge on any atom is -0.494 e. The lowest BCUT2D eigenvalue weighted by atomic mass is 10.2. The smallest absolute Gasteiger partial charge is 0.274 e. The zero-order valence-electron chi connectivity index (χ0n) is 15.9. The molecule has 1 aromatic carbocycles. The molecule has 140 valence electrons. The minimum absolute atomic E-state index is 0.268. The van der Waals surface area contributed by atoms with Crippen LogP contribution in [0.15, 0.2) is 30.3 Å². The van der Waals surface area contributed by atoms with Crippen LogP contribution in [0.2, 0.25) is 0 Å². The van der Waals surface area contributed by atoms with E-state index in [0.717, 1.165) is 25.3 Å². The zero-order valence-corrected chi connectivity index (χ0v) is 15.9. The molecule has 0 saturated carbocycles. The van der Waals surface area contributed by atoms with Crippen molar-refractivity contribution in [2.45, 2.75) is 20.3 Å². The second kappa shape index (κ2) is 9.72. The molecular formula is C19H27N5O2. The predicted molar refractivity (Wildman–Crippen MR) is 104 cm³/mol. The molecule has 1 amide bonds. The van der Waals surface area contributed by atoms with Gasteiger partial charge in [-0.05, 0) is 65.2 Å². The monoisotopic (exact) mass is 357 g/mol. The standard InChI is InChI=1S/C19H27N5O2/c1-5-26-16-9-7-15(8-10-16)23-19(25)17-13-18(22-14(2)21-17)20-11-6-12-24(3)4/h7-10,13H,5-6,11-12H2,1-4H3,(H,23,25)(H,20,21,22). The van der Waals surface area contributed by atoms with Crippen molar-refractivity contribution in [3.05, 3.63) is 41.9 Å². The molecule has 0 aliphatic heterocycles. The van der Waals surface area contributed by atoms with Gasteiger partial charge >= 0.3 is 0 Å². The summed E-state index contributed by atoms with van der Waals surface area (Å²) in [5.41, 5.74) is 1.02. The number of hydrogen-bond acceptors (Lipinski definition) is 6. The third kappa shape index (κ3) is 6.33. The Morgan fingerprint density at radius 1 is 1.19 bits per heavy atom. The van der Waals surface area contributed by atoms with Crippen LogP contribution in [0.1, 0.15) is 29.7 Å². The number of rotatable bonds is 9. The molecule has 0 bridgehead atoms. The molecule has 0 unspecified atom stereocenters. The van der Waals surface area contributed by atoms with Gasteiger partial charge in [0.05, 0.1) is 6.61 Å². The maximum absolute atomic E-state index is 12.5. The van der Waals surface area contributed by atoms with Gasteiger partial charge in [-0.2, -0.15) is 0 Å². The Bertz CT molecular complexity index is 716. The topological polar surface area (TPSA) is 79.4 Å². The summed E-state index contributed by atoms with van der Waals surface area (Å²) in [7, 11) is 4.08. The molecule has 2 aromatic rings. The molecule has 1 heterocycles. The van der Waals surface area contributed by atoms with Gasteiger partial charge in [0.25, 0.3) is 5.91 Å². The van der Waals surface area contributed by atoms with Crippen molar-refractivity contribution in [2.24, 2.45) is 0 Å². The first-order chi connectivity index (χ1) is 12.5. The molecule has 0 fully saturated rings. The molecule has 7 nitrogen and oxygen atoms in total. The van der Waals surface area contributed by atoms with Crippen molar-refractivity contribution in [2.75, 3.05) is 44.4 Å². The second-order valence-corrected chi connectivity index (χ2v) is 6.18. The van der Waals surface area contributed by atoms with Gasteiger partial charge in [0.1, 0.15) is 23.1 Å². The molecule has 0 atom stereocenters. The number of amides is 1. The van der Waals surface area contributed by atoms with E-state index in [1.54, 1.807) is 25.1 Å². The van der Waals surface area contributed by atoms with Crippen molar-refractivity contribution in [3.8, 4) is 5.75 Å². The first-order valence-corrected chi connectivity index (χ1v) is 8.76. The van der Waals surface area contributed by atoms with Crippen molar-refractivity contribution in [3.63, 3.8) is 0 Å².